The van der Waals surface area contributed by atoms with E-state index in [0.29, 0.717) is 41.4 Å². The predicted molar refractivity (Wildman–Crippen MR) is 147 cm³/mol. The van der Waals surface area contributed by atoms with Gasteiger partial charge in [-0.3, -0.25) is 15.0 Å². The maximum absolute atomic E-state index is 12.7. The molecule has 1 saturated heterocycles. The summed E-state index contributed by atoms with van der Waals surface area (Å²) in [5, 5.41) is 9.29. The molecule has 0 spiro atoms. The highest BCUT2D eigenvalue weighted by atomic mass is 16.5. The molecule has 3 heterocycles. The topological polar surface area (TPSA) is 110 Å². The van der Waals surface area contributed by atoms with Gasteiger partial charge in [0, 0.05) is 35.2 Å². The first-order chi connectivity index (χ1) is 17.9. The van der Waals surface area contributed by atoms with Crippen molar-refractivity contribution in [2.45, 2.75) is 70.9 Å². The Kier molecular flexibility index (Phi) is 7.87. The molecule has 2 N–H and O–H groups in total. The van der Waals surface area contributed by atoms with Gasteiger partial charge in [0.2, 0.25) is 0 Å². The molecule has 1 aromatic carbocycles. The van der Waals surface area contributed by atoms with Gasteiger partial charge in [-0.15, -0.1) is 0 Å². The normalized spacial score (nSPS) is 17.3. The number of pyridine rings is 1. The Morgan fingerprint density at radius 1 is 1.13 bits per heavy atom. The fourth-order valence-corrected chi connectivity index (χ4v) is 4.35. The smallest absolute Gasteiger partial charge is 0.324 e. The minimum Gasteiger partial charge on any atom is -0.490 e. The summed E-state index contributed by atoms with van der Waals surface area (Å²) < 4.78 is 11.2. The average Bonchev–Trinajstić information content (AvgIpc) is 3.43. The zero-order valence-electron chi connectivity index (χ0n) is 23.0. The number of carbonyl (C=O) groups is 2. The first-order valence-electron chi connectivity index (χ1n) is 12.9. The van der Waals surface area contributed by atoms with Crippen molar-refractivity contribution >= 4 is 23.3 Å². The third-order valence-corrected chi connectivity index (χ3v) is 7.12. The average molecular weight is 520 g/mol. The fraction of sp³-hybridized carbons (Fsp3) is 0.448. The minimum absolute atomic E-state index is 0.0898. The number of amides is 2. The van der Waals surface area contributed by atoms with Gasteiger partial charge in [-0.1, -0.05) is 38.1 Å². The Labute approximate surface area is 223 Å². The molecule has 4 rings (SSSR count). The number of carbonyl (C=O) groups excluding carboxylic acids is 2. The van der Waals surface area contributed by atoms with E-state index in [1.807, 2.05) is 20.8 Å². The molecule has 1 aliphatic heterocycles. The van der Waals surface area contributed by atoms with Crippen LogP contribution in [-0.2, 0) is 11.8 Å². The second-order valence-corrected chi connectivity index (χ2v) is 11.5. The van der Waals surface area contributed by atoms with E-state index in [1.54, 1.807) is 48.7 Å². The number of benzene rings is 1. The van der Waals surface area contributed by atoms with Crippen LogP contribution in [0.3, 0.4) is 0 Å². The number of nitrogens with one attached hydrogen (secondary N) is 2. The number of rotatable bonds is 8. The number of nitrogens with zero attached hydrogens (tertiary/aromatic N) is 3. The monoisotopic (exact) mass is 519 g/mol. The van der Waals surface area contributed by atoms with Gasteiger partial charge in [0.25, 0.3) is 0 Å². The highest BCUT2D eigenvalue weighted by Gasteiger charge is 2.36. The number of Topliss-reactive ketones (excluding diaryl/α,β-unsaturated/α-hetero) is 1. The van der Waals surface area contributed by atoms with Crippen LogP contribution >= 0.6 is 0 Å². The number of aromatic nitrogens is 2. The summed E-state index contributed by atoms with van der Waals surface area (Å²) in [5.41, 5.74) is 1.79. The molecule has 0 radical (unpaired) electrons. The Balaban J connectivity index is 1.25. The lowest BCUT2D eigenvalue weighted by molar-refractivity contribution is 0.0987. The lowest BCUT2D eigenvalue weighted by atomic mass is 9.93. The maximum atomic E-state index is 12.7. The Bertz CT molecular complexity index is 1260. The molecule has 2 amide bonds. The summed E-state index contributed by atoms with van der Waals surface area (Å²) in [4.78, 5) is 31.7. The van der Waals surface area contributed by atoms with Gasteiger partial charge >= 0.3 is 6.03 Å². The first-order valence-corrected chi connectivity index (χ1v) is 12.9. The van der Waals surface area contributed by atoms with Crippen molar-refractivity contribution < 1.29 is 18.8 Å². The van der Waals surface area contributed by atoms with Crippen molar-refractivity contribution in [2.24, 2.45) is 0 Å². The SMILES string of the molecule is CN1C(COc2ccc(C(=O)Cc3ccc(NC(=O)Nc4cc(C(C)(C)C)on4)cc3)nc2)CCC1(C)C. The number of likely N-dealkylation sites (tertiary alicyclic amines) is 1. The maximum Gasteiger partial charge on any atom is 0.324 e. The van der Waals surface area contributed by atoms with Crippen LogP contribution in [-0.4, -0.2) is 52.1 Å². The van der Waals surface area contributed by atoms with Crippen LogP contribution in [0.25, 0.3) is 0 Å². The summed E-state index contributed by atoms with van der Waals surface area (Å²) in [6, 6.07) is 12.2. The van der Waals surface area contributed by atoms with Crippen LogP contribution in [0.1, 0.15) is 69.3 Å². The lowest BCUT2D eigenvalue weighted by Crippen LogP contribution is -2.41. The molecule has 0 bridgehead atoms. The molecule has 1 fully saturated rings. The third-order valence-electron chi connectivity index (χ3n) is 7.12. The van der Waals surface area contributed by atoms with Gasteiger partial charge in [0.05, 0.1) is 6.20 Å². The minimum atomic E-state index is -0.433. The first kappa shape index (κ1) is 27.3. The van der Waals surface area contributed by atoms with Crippen molar-refractivity contribution in [2.75, 3.05) is 24.3 Å². The van der Waals surface area contributed by atoms with Gasteiger partial charge in [0.15, 0.2) is 11.6 Å². The molecule has 1 atom stereocenters. The van der Waals surface area contributed by atoms with E-state index in [4.69, 9.17) is 9.26 Å². The van der Waals surface area contributed by atoms with Gasteiger partial charge in [0.1, 0.15) is 23.8 Å². The second-order valence-electron chi connectivity index (χ2n) is 11.5. The molecule has 9 nitrogen and oxygen atoms in total. The fourth-order valence-electron chi connectivity index (χ4n) is 4.35. The molecule has 0 saturated carbocycles. The highest BCUT2D eigenvalue weighted by molar-refractivity contribution is 5.99. The molecular weight excluding hydrogens is 482 g/mol. The van der Waals surface area contributed by atoms with E-state index in [0.717, 1.165) is 18.4 Å². The van der Waals surface area contributed by atoms with E-state index in [9.17, 15) is 9.59 Å². The number of likely N-dealkylation sites (N-methyl/N-ethyl adjacent to an activating group) is 1. The molecule has 38 heavy (non-hydrogen) atoms. The lowest BCUT2D eigenvalue weighted by Gasteiger charge is -2.31. The summed E-state index contributed by atoms with van der Waals surface area (Å²) in [6.45, 7) is 11.1. The van der Waals surface area contributed by atoms with Crippen molar-refractivity contribution in [3.8, 4) is 5.75 Å². The van der Waals surface area contributed by atoms with E-state index in [-0.39, 0.29) is 23.2 Å². The molecule has 3 aromatic rings. The quantitative estimate of drug-likeness (QED) is 0.368. The van der Waals surface area contributed by atoms with Crippen molar-refractivity contribution in [1.82, 2.24) is 15.0 Å². The molecule has 9 heteroatoms. The van der Waals surface area contributed by atoms with Crippen molar-refractivity contribution in [3.63, 3.8) is 0 Å². The predicted octanol–water partition coefficient (Wildman–Crippen LogP) is 5.69. The van der Waals surface area contributed by atoms with E-state index in [2.05, 4.69) is 46.6 Å². The van der Waals surface area contributed by atoms with Gasteiger partial charge < -0.3 is 14.6 Å². The van der Waals surface area contributed by atoms with Gasteiger partial charge in [-0.2, -0.15) is 0 Å². The van der Waals surface area contributed by atoms with E-state index in [1.165, 1.54) is 0 Å². The van der Waals surface area contributed by atoms with Gasteiger partial charge in [-0.25, -0.2) is 9.78 Å². The number of ether oxygens (including phenoxy) is 1. The van der Waals surface area contributed by atoms with Crippen molar-refractivity contribution in [1.29, 1.82) is 0 Å². The number of anilines is 2. The number of urea groups is 1. The van der Waals surface area contributed by atoms with Crippen LogP contribution in [0.4, 0.5) is 16.3 Å². The summed E-state index contributed by atoms with van der Waals surface area (Å²) >= 11 is 0. The molecule has 1 aliphatic rings. The molecule has 202 valence electrons. The molecule has 2 aromatic heterocycles. The van der Waals surface area contributed by atoms with Gasteiger partial charge in [-0.05, 0) is 63.6 Å². The van der Waals surface area contributed by atoms with Crippen LogP contribution in [0, 0.1) is 0 Å². The van der Waals surface area contributed by atoms with Crippen LogP contribution in [0.2, 0.25) is 0 Å². The van der Waals surface area contributed by atoms with Crippen LogP contribution < -0.4 is 15.4 Å². The standard InChI is InChI=1S/C29H37N5O4/c1-28(2,3)25-16-26(33-38-25)32-27(36)31-20-9-7-19(8-10-20)15-24(35)23-12-11-22(17-30-23)37-18-21-13-14-29(4,5)34(21)6/h7-12,16-17,21H,13-15,18H2,1-6H3,(H2,31,32,33,36). The molecule has 0 aliphatic carbocycles. The summed E-state index contributed by atoms with van der Waals surface area (Å²) in [6.07, 6.45) is 4.06. The van der Waals surface area contributed by atoms with E-state index >= 15 is 0 Å². The second kappa shape index (κ2) is 10.9. The highest BCUT2D eigenvalue weighted by Crippen LogP contribution is 2.32. The third kappa shape index (κ3) is 6.77. The van der Waals surface area contributed by atoms with Crippen LogP contribution in [0.5, 0.6) is 5.75 Å². The largest absolute Gasteiger partial charge is 0.490 e. The summed E-state index contributed by atoms with van der Waals surface area (Å²) in [5.74, 6) is 1.59. The molecule has 1 unspecified atom stereocenters. The number of ketones is 1. The van der Waals surface area contributed by atoms with Crippen LogP contribution in [0.15, 0.2) is 53.2 Å². The number of hydrogen-bond donors (Lipinski definition) is 2. The molecular formula is C29H37N5O4. The zero-order chi connectivity index (χ0) is 27.5. The Morgan fingerprint density at radius 3 is 2.45 bits per heavy atom. The van der Waals surface area contributed by atoms with E-state index < -0.39 is 6.03 Å². The Hall–Kier alpha value is -3.72. The Morgan fingerprint density at radius 2 is 1.87 bits per heavy atom. The summed E-state index contributed by atoms with van der Waals surface area (Å²) in [7, 11) is 2.14. The number of hydrogen-bond acceptors (Lipinski definition) is 7. The zero-order valence-corrected chi connectivity index (χ0v) is 23.0. The van der Waals surface area contributed by atoms with Crippen molar-refractivity contribution in [3.05, 3.63) is 65.7 Å².